The molecule has 0 aliphatic carbocycles. The summed E-state index contributed by atoms with van der Waals surface area (Å²) in [5.74, 6) is 0.191. The summed E-state index contributed by atoms with van der Waals surface area (Å²) in [6.45, 7) is 4.00. The van der Waals surface area contributed by atoms with E-state index in [1.165, 1.54) is 0 Å². The number of anilines is 1. The first kappa shape index (κ1) is 16.4. The molecule has 0 aromatic carbocycles. The van der Waals surface area contributed by atoms with E-state index < -0.39 is 6.29 Å². The number of nitrogens with two attached hydrogens (primary N) is 1. The van der Waals surface area contributed by atoms with E-state index >= 15 is 0 Å². The second-order valence-electron chi connectivity index (χ2n) is 6.89. The van der Waals surface area contributed by atoms with Gasteiger partial charge in [0, 0.05) is 30.3 Å². The lowest BCUT2D eigenvalue weighted by Crippen LogP contribution is -2.29. The largest absolute Gasteiger partial charge is 0.368 e. The van der Waals surface area contributed by atoms with E-state index in [1.807, 2.05) is 6.92 Å². The van der Waals surface area contributed by atoms with Crippen molar-refractivity contribution in [2.45, 2.75) is 44.4 Å². The molecule has 0 saturated carbocycles. The average molecular weight is 345 g/mol. The summed E-state index contributed by atoms with van der Waals surface area (Å²) in [6, 6.07) is 1.72. The van der Waals surface area contributed by atoms with Gasteiger partial charge < -0.3 is 20.9 Å². The maximum Gasteiger partial charge on any atom is 0.252 e. The lowest BCUT2D eigenvalue weighted by Gasteiger charge is -2.27. The van der Waals surface area contributed by atoms with E-state index in [0.717, 1.165) is 42.6 Å². The summed E-state index contributed by atoms with van der Waals surface area (Å²) >= 11 is 0. The predicted molar refractivity (Wildman–Crippen MR) is 93.4 cm³/mol. The van der Waals surface area contributed by atoms with Crippen LogP contribution in [0.25, 0.3) is 11.0 Å². The molecule has 2 aliphatic rings. The topological polar surface area (TPSA) is 115 Å². The molecule has 0 bridgehead atoms. The average Bonchev–Trinajstić information content (AvgIpc) is 3.07. The Balaban J connectivity index is 1.95. The van der Waals surface area contributed by atoms with Crippen molar-refractivity contribution in [3.05, 3.63) is 27.7 Å². The number of fused-ring (bicyclic) bond motifs is 1. The van der Waals surface area contributed by atoms with Crippen molar-refractivity contribution in [3.8, 4) is 0 Å². The lowest BCUT2D eigenvalue weighted by atomic mass is 9.92. The Hall–Kier alpha value is -2.03. The van der Waals surface area contributed by atoms with E-state index in [2.05, 4.69) is 15.3 Å². The molecule has 25 heavy (non-hydrogen) atoms. The third-order valence-corrected chi connectivity index (χ3v) is 5.18. The minimum Gasteiger partial charge on any atom is -0.368 e. The number of nitrogen functional groups attached to an aromatic ring is 1. The first-order valence-electron chi connectivity index (χ1n) is 8.74. The number of nitrogens with one attached hydrogen (secondary N) is 1. The van der Waals surface area contributed by atoms with E-state index in [0.29, 0.717) is 18.7 Å². The van der Waals surface area contributed by atoms with Crippen LogP contribution in [0.5, 0.6) is 0 Å². The van der Waals surface area contributed by atoms with Gasteiger partial charge in [-0.2, -0.15) is 4.98 Å². The second kappa shape index (κ2) is 6.36. The van der Waals surface area contributed by atoms with Crippen molar-refractivity contribution in [1.82, 2.24) is 19.9 Å². The van der Waals surface area contributed by atoms with Crippen LogP contribution in [0.1, 0.15) is 42.5 Å². The van der Waals surface area contributed by atoms with E-state index in [-0.39, 0.29) is 23.5 Å². The molecule has 2 aromatic heterocycles. The zero-order valence-electron chi connectivity index (χ0n) is 14.2. The maximum atomic E-state index is 12.7. The third-order valence-electron chi connectivity index (χ3n) is 5.18. The molecule has 2 aromatic rings. The second-order valence-corrected chi connectivity index (χ2v) is 6.89. The van der Waals surface area contributed by atoms with Crippen molar-refractivity contribution in [1.29, 1.82) is 0 Å². The first-order chi connectivity index (χ1) is 12.0. The molecule has 8 heteroatoms. The normalized spacial score (nSPS) is 27.0. The summed E-state index contributed by atoms with van der Waals surface area (Å²) < 4.78 is 6.99. The van der Waals surface area contributed by atoms with Crippen molar-refractivity contribution < 1.29 is 9.84 Å². The van der Waals surface area contributed by atoms with Gasteiger partial charge in [0.2, 0.25) is 5.95 Å². The molecular weight excluding hydrogens is 322 g/mol. The zero-order chi connectivity index (χ0) is 17.6. The molecule has 0 spiro atoms. The first-order valence-corrected chi connectivity index (χ1v) is 8.74. The molecule has 2 fully saturated rings. The minimum absolute atomic E-state index is 0.0305. The molecule has 134 valence electrons. The van der Waals surface area contributed by atoms with Crippen LogP contribution < -0.4 is 16.6 Å². The number of aromatic nitrogens is 3. The highest BCUT2D eigenvalue weighted by Gasteiger charge is 2.28. The van der Waals surface area contributed by atoms with Crippen LogP contribution in [0, 0.1) is 6.92 Å². The molecule has 8 nitrogen and oxygen atoms in total. The number of rotatable bonds is 2. The van der Waals surface area contributed by atoms with Gasteiger partial charge >= 0.3 is 0 Å². The summed E-state index contributed by atoms with van der Waals surface area (Å²) in [4.78, 5) is 21.6. The van der Waals surface area contributed by atoms with Gasteiger partial charge in [-0.25, -0.2) is 4.98 Å². The Kier molecular flexibility index (Phi) is 4.18. The SMILES string of the molecule is Cc1cc(=O)n([C@H]2CCNC2)c2nc(N)nc(C3CCOC(O)C3)c12. The molecular formula is C17H23N5O3. The van der Waals surface area contributed by atoms with Gasteiger partial charge in [-0.3, -0.25) is 9.36 Å². The van der Waals surface area contributed by atoms with E-state index in [4.69, 9.17) is 10.5 Å². The van der Waals surface area contributed by atoms with Gasteiger partial charge in [0.25, 0.3) is 5.56 Å². The van der Waals surface area contributed by atoms with Crippen LogP contribution in [0.2, 0.25) is 0 Å². The zero-order valence-corrected chi connectivity index (χ0v) is 14.2. The number of ether oxygens (including phenoxy) is 1. The monoisotopic (exact) mass is 345 g/mol. The fraction of sp³-hybridized carbons (Fsp3) is 0.588. The number of aliphatic hydroxyl groups excluding tert-OH is 1. The molecule has 4 rings (SSSR count). The minimum atomic E-state index is -0.796. The summed E-state index contributed by atoms with van der Waals surface area (Å²) in [5.41, 5.74) is 8.18. The van der Waals surface area contributed by atoms with Gasteiger partial charge in [0.1, 0.15) is 5.65 Å². The van der Waals surface area contributed by atoms with Crippen molar-refractivity contribution in [2.75, 3.05) is 25.4 Å². The summed E-state index contributed by atoms with van der Waals surface area (Å²) in [5, 5.41) is 14.0. The molecule has 2 aliphatic heterocycles. The smallest absolute Gasteiger partial charge is 0.252 e. The third kappa shape index (κ3) is 2.90. The number of nitrogens with zero attached hydrogens (tertiary/aromatic N) is 3. The fourth-order valence-corrected chi connectivity index (χ4v) is 4.00. The predicted octanol–water partition coefficient (Wildman–Crippen LogP) is 0.429. The van der Waals surface area contributed by atoms with Gasteiger partial charge in [0.15, 0.2) is 6.29 Å². The van der Waals surface area contributed by atoms with Crippen LogP contribution in [-0.2, 0) is 4.74 Å². The van der Waals surface area contributed by atoms with Gasteiger partial charge in [-0.1, -0.05) is 0 Å². The Morgan fingerprint density at radius 1 is 1.40 bits per heavy atom. The number of aliphatic hydroxyl groups is 1. The highest BCUT2D eigenvalue weighted by molar-refractivity contribution is 5.83. The quantitative estimate of drug-likeness (QED) is 0.723. The molecule has 3 atom stereocenters. The van der Waals surface area contributed by atoms with E-state index in [9.17, 15) is 9.90 Å². The number of aryl methyl sites for hydroxylation is 1. The summed E-state index contributed by atoms with van der Waals surface area (Å²) in [7, 11) is 0. The van der Waals surface area contributed by atoms with Crippen LogP contribution in [0.15, 0.2) is 10.9 Å². The molecule has 4 N–H and O–H groups in total. The van der Waals surface area contributed by atoms with Crippen LogP contribution in [-0.4, -0.2) is 45.6 Å². The van der Waals surface area contributed by atoms with Gasteiger partial charge in [-0.05, 0) is 31.9 Å². The fourth-order valence-electron chi connectivity index (χ4n) is 4.00. The molecule has 0 radical (unpaired) electrons. The number of pyridine rings is 1. The molecule has 0 amide bonds. The van der Waals surface area contributed by atoms with Crippen LogP contribution >= 0.6 is 0 Å². The Morgan fingerprint density at radius 3 is 2.96 bits per heavy atom. The molecule has 2 saturated heterocycles. The van der Waals surface area contributed by atoms with Gasteiger partial charge in [0.05, 0.1) is 18.3 Å². The van der Waals surface area contributed by atoms with Crippen molar-refractivity contribution in [2.24, 2.45) is 0 Å². The van der Waals surface area contributed by atoms with Crippen molar-refractivity contribution in [3.63, 3.8) is 0 Å². The van der Waals surface area contributed by atoms with Gasteiger partial charge in [-0.15, -0.1) is 0 Å². The Morgan fingerprint density at radius 2 is 2.24 bits per heavy atom. The van der Waals surface area contributed by atoms with Crippen molar-refractivity contribution >= 4 is 17.0 Å². The highest BCUT2D eigenvalue weighted by atomic mass is 16.6. The summed E-state index contributed by atoms with van der Waals surface area (Å²) in [6.07, 6.45) is 1.31. The number of hydrogen-bond donors (Lipinski definition) is 3. The Bertz CT molecular complexity index is 859. The van der Waals surface area contributed by atoms with Crippen LogP contribution in [0.3, 0.4) is 0 Å². The van der Waals surface area contributed by atoms with E-state index in [1.54, 1.807) is 10.6 Å². The molecule has 4 heterocycles. The highest BCUT2D eigenvalue weighted by Crippen LogP contribution is 2.34. The van der Waals surface area contributed by atoms with Crippen LogP contribution in [0.4, 0.5) is 5.95 Å². The standard InChI is InChI=1S/C17H23N5O3/c1-9-6-12(23)22(11-2-4-19-8-11)16-14(9)15(20-17(18)21-16)10-3-5-25-13(24)7-10/h6,10-11,13,19,24H,2-5,7-8H2,1H3,(H2,18,20,21)/t10?,11-,13?/m0/s1. The molecule has 2 unspecified atom stereocenters. The lowest BCUT2D eigenvalue weighted by molar-refractivity contribution is -0.129. The Labute approximate surface area is 145 Å². The number of hydrogen-bond acceptors (Lipinski definition) is 7. The maximum absolute atomic E-state index is 12.7.